The summed E-state index contributed by atoms with van der Waals surface area (Å²) in [6.07, 6.45) is 0.890. The van der Waals surface area contributed by atoms with E-state index >= 15 is 0 Å². The second-order valence-corrected chi connectivity index (χ2v) is 4.63. The van der Waals surface area contributed by atoms with Gasteiger partial charge in [0.1, 0.15) is 0 Å². The average Bonchev–Trinajstić information content (AvgIpc) is 2.18. The van der Waals surface area contributed by atoms with Crippen molar-refractivity contribution in [1.82, 2.24) is 0 Å². The molecule has 2 nitrogen and oxygen atoms in total. The molecule has 0 bridgehead atoms. The fraction of sp³-hybridized carbons (Fsp3) is 0.538. The van der Waals surface area contributed by atoms with Gasteiger partial charge in [-0.05, 0) is 31.9 Å². The van der Waals surface area contributed by atoms with E-state index in [2.05, 4.69) is 26.0 Å². The number of hydrogen-bond acceptors (Lipinski definition) is 2. The zero-order valence-electron chi connectivity index (χ0n) is 10.1. The summed E-state index contributed by atoms with van der Waals surface area (Å²) < 4.78 is 5.44. The third kappa shape index (κ3) is 3.33. The summed E-state index contributed by atoms with van der Waals surface area (Å²) >= 11 is 0. The van der Waals surface area contributed by atoms with Crippen molar-refractivity contribution in [3.63, 3.8) is 0 Å². The first-order valence-corrected chi connectivity index (χ1v) is 5.35. The van der Waals surface area contributed by atoms with E-state index in [-0.39, 0.29) is 11.6 Å². The Hall–Kier alpha value is -0.860. The molecule has 1 rings (SSSR count). The lowest BCUT2D eigenvalue weighted by Crippen LogP contribution is -2.26. The number of rotatable bonds is 4. The Morgan fingerprint density at radius 1 is 1.33 bits per heavy atom. The van der Waals surface area contributed by atoms with Crippen LogP contribution in [0.2, 0.25) is 0 Å². The predicted molar refractivity (Wildman–Crippen MR) is 63.8 cm³/mol. The lowest BCUT2D eigenvalue weighted by molar-refractivity contribution is 0.0230. The third-order valence-electron chi connectivity index (χ3n) is 2.71. The van der Waals surface area contributed by atoms with E-state index in [1.54, 1.807) is 7.11 Å². The molecule has 0 spiro atoms. The SMILES string of the molecule is COC(C)(C)Cc1ccccc1C(C)N. The van der Waals surface area contributed by atoms with Gasteiger partial charge in [-0.25, -0.2) is 0 Å². The molecule has 0 aliphatic heterocycles. The van der Waals surface area contributed by atoms with Gasteiger partial charge in [0.15, 0.2) is 0 Å². The van der Waals surface area contributed by atoms with Crippen molar-refractivity contribution in [1.29, 1.82) is 0 Å². The molecule has 2 heteroatoms. The summed E-state index contributed by atoms with van der Waals surface area (Å²) in [6, 6.07) is 8.37. The molecule has 0 saturated heterocycles. The van der Waals surface area contributed by atoms with Crippen LogP contribution in [-0.4, -0.2) is 12.7 Å². The predicted octanol–water partition coefficient (Wildman–Crippen LogP) is 2.67. The topological polar surface area (TPSA) is 35.2 Å². The Bertz CT molecular complexity index is 318. The molecule has 0 heterocycles. The van der Waals surface area contributed by atoms with Crippen LogP contribution in [0.3, 0.4) is 0 Å². The maximum Gasteiger partial charge on any atom is 0.0663 e. The minimum Gasteiger partial charge on any atom is -0.378 e. The quantitative estimate of drug-likeness (QED) is 0.823. The van der Waals surface area contributed by atoms with Crippen LogP contribution in [0.1, 0.15) is 37.9 Å². The molecule has 0 amide bonds. The van der Waals surface area contributed by atoms with Crippen LogP contribution in [0.25, 0.3) is 0 Å². The van der Waals surface area contributed by atoms with Crippen molar-refractivity contribution in [2.45, 2.75) is 38.8 Å². The first-order valence-electron chi connectivity index (χ1n) is 5.35. The van der Waals surface area contributed by atoms with Crippen LogP contribution in [0.15, 0.2) is 24.3 Å². The maximum atomic E-state index is 5.93. The molecule has 0 aliphatic carbocycles. The summed E-state index contributed by atoms with van der Waals surface area (Å²) in [5.41, 5.74) is 8.29. The fourth-order valence-electron chi connectivity index (χ4n) is 1.67. The standard InChI is InChI=1S/C13H21NO/c1-10(14)12-8-6-5-7-11(12)9-13(2,3)15-4/h5-8,10H,9,14H2,1-4H3. The molecule has 0 aliphatic rings. The van der Waals surface area contributed by atoms with E-state index in [0.29, 0.717) is 0 Å². The molecule has 15 heavy (non-hydrogen) atoms. The van der Waals surface area contributed by atoms with Crippen LogP contribution < -0.4 is 5.73 Å². The minimum absolute atomic E-state index is 0.0776. The normalized spacial score (nSPS) is 13.9. The number of ether oxygens (including phenoxy) is 1. The van der Waals surface area contributed by atoms with E-state index in [9.17, 15) is 0 Å². The van der Waals surface area contributed by atoms with Crippen LogP contribution in [0, 0.1) is 0 Å². The van der Waals surface area contributed by atoms with Gasteiger partial charge in [-0.2, -0.15) is 0 Å². The molecular formula is C13H21NO. The average molecular weight is 207 g/mol. The molecule has 1 aromatic carbocycles. The summed E-state index contributed by atoms with van der Waals surface area (Å²) in [7, 11) is 1.74. The third-order valence-corrected chi connectivity index (χ3v) is 2.71. The monoisotopic (exact) mass is 207 g/mol. The molecule has 1 atom stereocenters. The van der Waals surface area contributed by atoms with Gasteiger partial charge >= 0.3 is 0 Å². The van der Waals surface area contributed by atoms with E-state index in [0.717, 1.165) is 6.42 Å². The summed E-state index contributed by atoms with van der Waals surface area (Å²) in [4.78, 5) is 0. The first-order chi connectivity index (χ1) is 6.96. The van der Waals surface area contributed by atoms with Gasteiger partial charge in [-0.15, -0.1) is 0 Å². The van der Waals surface area contributed by atoms with Crippen LogP contribution in [0.4, 0.5) is 0 Å². The Balaban J connectivity index is 2.94. The van der Waals surface area contributed by atoms with E-state index in [4.69, 9.17) is 10.5 Å². The van der Waals surface area contributed by atoms with Gasteiger partial charge in [-0.1, -0.05) is 24.3 Å². The van der Waals surface area contributed by atoms with E-state index in [1.807, 2.05) is 19.1 Å². The van der Waals surface area contributed by atoms with Crippen LogP contribution >= 0.6 is 0 Å². The van der Waals surface area contributed by atoms with Gasteiger partial charge in [0, 0.05) is 19.6 Å². The second kappa shape index (κ2) is 4.77. The van der Waals surface area contributed by atoms with Gasteiger partial charge in [0.25, 0.3) is 0 Å². The highest BCUT2D eigenvalue weighted by Crippen LogP contribution is 2.22. The largest absolute Gasteiger partial charge is 0.378 e. The van der Waals surface area contributed by atoms with E-state index < -0.39 is 0 Å². The first kappa shape index (κ1) is 12.2. The lowest BCUT2D eigenvalue weighted by atomic mass is 9.92. The highest BCUT2D eigenvalue weighted by Gasteiger charge is 2.19. The summed E-state index contributed by atoms with van der Waals surface area (Å²) in [5.74, 6) is 0. The van der Waals surface area contributed by atoms with Gasteiger partial charge in [0.05, 0.1) is 5.60 Å². The Kier molecular flexibility index (Phi) is 3.89. The lowest BCUT2D eigenvalue weighted by Gasteiger charge is -2.25. The molecular weight excluding hydrogens is 186 g/mol. The molecule has 2 N–H and O–H groups in total. The van der Waals surface area contributed by atoms with Crippen molar-refractivity contribution in [3.05, 3.63) is 35.4 Å². The van der Waals surface area contributed by atoms with Crippen LogP contribution in [0.5, 0.6) is 0 Å². The van der Waals surface area contributed by atoms with Gasteiger partial charge < -0.3 is 10.5 Å². The summed E-state index contributed by atoms with van der Waals surface area (Å²) in [6.45, 7) is 6.19. The molecule has 1 unspecified atom stereocenters. The molecule has 84 valence electrons. The number of nitrogens with two attached hydrogens (primary N) is 1. The Morgan fingerprint density at radius 2 is 1.93 bits per heavy atom. The van der Waals surface area contributed by atoms with Crippen molar-refractivity contribution in [2.24, 2.45) is 5.73 Å². The number of benzene rings is 1. The summed E-state index contributed by atoms with van der Waals surface area (Å²) in [5, 5.41) is 0. The maximum absolute atomic E-state index is 5.93. The molecule has 1 aromatic rings. The van der Waals surface area contributed by atoms with Gasteiger partial charge in [0.2, 0.25) is 0 Å². The van der Waals surface area contributed by atoms with E-state index in [1.165, 1.54) is 11.1 Å². The highest BCUT2D eigenvalue weighted by molar-refractivity contribution is 5.30. The molecule has 0 aromatic heterocycles. The van der Waals surface area contributed by atoms with Crippen molar-refractivity contribution in [3.8, 4) is 0 Å². The smallest absolute Gasteiger partial charge is 0.0663 e. The highest BCUT2D eigenvalue weighted by atomic mass is 16.5. The molecule has 0 radical (unpaired) electrons. The second-order valence-electron chi connectivity index (χ2n) is 4.63. The van der Waals surface area contributed by atoms with Crippen molar-refractivity contribution < 1.29 is 4.74 Å². The molecule has 0 saturated carbocycles. The Labute approximate surface area is 92.4 Å². The molecule has 0 fully saturated rings. The number of hydrogen-bond donors (Lipinski definition) is 1. The Morgan fingerprint density at radius 3 is 2.47 bits per heavy atom. The van der Waals surface area contributed by atoms with Crippen LogP contribution in [-0.2, 0) is 11.2 Å². The minimum atomic E-state index is -0.134. The number of methoxy groups -OCH3 is 1. The zero-order chi connectivity index (χ0) is 11.5. The van der Waals surface area contributed by atoms with Crippen molar-refractivity contribution >= 4 is 0 Å². The van der Waals surface area contributed by atoms with Crippen molar-refractivity contribution in [2.75, 3.05) is 7.11 Å². The fourth-order valence-corrected chi connectivity index (χ4v) is 1.67. The van der Waals surface area contributed by atoms with Gasteiger partial charge in [-0.3, -0.25) is 0 Å². The zero-order valence-corrected chi connectivity index (χ0v) is 10.1.